The number of aromatic nitrogens is 2. The molecule has 1 saturated carbocycles. The third-order valence-corrected chi connectivity index (χ3v) is 5.94. The van der Waals surface area contributed by atoms with Crippen LogP contribution >= 0.6 is 11.8 Å². The molecule has 2 atom stereocenters. The molecule has 134 valence electrons. The molecule has 1 aliphatic carbocycles. The molecular weight excluding hydrogens is 353 g/mol. The Morgan fingerprint density at radius 3 is 2.96 bits per heavy atom. The first kappa shape index (κ1) is 17.0. The summed E-state index contributed by atoms with van der Waals surface area (Å²) in [4.78, 5) is 24.8. The van der Waals surface area contributed by atoms with Gasteiger partial charge in [-0.05, 0) is 43.0 Å². The van der Waals surface area contributed by atoms with Crippen LogP contribution in [0, 0.1) is 11.7 Å². The molecule has 6 nitrogen and oxygen atoms in total. The number of amides is 1. The summed E-state index contributed by atoms with van der Waals surface area (Å²) in [7, 11) is 0. The monoisotopic (exact) mass is 371 g/mol. The van der Waals surface area contributed by atoms with Gasteiger partial charge in [-0.15, -0.1) is 0 Å². The summed E-state index contributed by atoms with van der Waals surface area (Å²) >= 11 is 1.52. The van der Waals surface area contributed by atoms with Crippen LogP contribution in [-0.2, 0) is 5.54 Å². The van der Waals surface area contributed by atoms with Crippen molar-refractivity contribution in [3.63, 3.8) is 0 Å². The van der Waals surface area contributed by atoms with Crippen LogP contribution in [0.5, 0.6) is 0 Å². The third-order valence-electron chi connectivity index (χ3n) is 4.99. The van der Waals surface area contributed by atoms with Crippen molar-refractivity contribution in [3.8, 4) is 0 Å². The summed E-state index contributed by atoms with van der Waals surface area (Å²) in [5.41, 5.74) is 6.31. The first-order valence-electron chi connectivity index (χ1n) is 8.45. The van der Waals surface area contributed by atoms with Crippen LogP contribution < -0.4 is 11.1 Å². The number of nitrogens with one attached hydrogen (secondary N) is 1. The summed E-state index contributed by atoms with van der Waals surface area (Å²) in [6.07, 6.45) is 5.73. The maximum Gasteiger partial charge on any atom is 0.293 e. The number of anilines is 1. The summed E-state index contributed by atoms with van der Waals surface area (Å²) in [5.74, 6) is 0.382. The Labute approximate surface area is 154 Å². The predicted octanol–water partition coefficient (Wildman–Crippen LogP) is 2.92. The van der Waals surface area contributed by atoms with Gasteiger partial charge in [0.25, 0.3) is 5.91 Å². The van der Waals surface area contributed by atoms with E-state index < -0.39 is 11.4 Å². The van der Waals surface area contributed by atoms with E-state index in [0.717, 1.165) is 25.0 Å². The van der Waals surface area contributed by atoms with Crippen molar-refractivity contribution < 1.29 is 9.18 Å². The SMILES string of the molecule is NC1=NC2(c3cc(NC(=O)c4ncccn4)ccc3F)CCCC2CS1. The number of amidine groups is 1. The number of halogens is 1. The molecule has 0 bridgehead atoms. The van der Waals surface area contributed by atoms with Gasteiger partial charge in [0.2, 0.25) is 5.82 Å². The number of aliphatic imine (C=N–C) groups is 1. The van der Waals surface area contributed by atoms with Crippen molar-refractivity contribution >= 4 is 28.5 Å². The summed E-state index contributed by atoms with van der Waals surface area (Å²) in [6.45, 7) is 0. The molecule has 1 aromatic carbocycles. The quantitative estimate of drug-likeness (QED) is 0.865. The summed E-state index contributed by atoms with van der Waals surface area (Å²) < 4.78 is 14.7. The molecule has 2 heterocycles. The lowest BCUT2D eigenvalue weighted by Crippen LogP contribution is -2.37. The second-order valence-electron chi connectivity index (χ2n) is 6.50. The first-order chi connectivity index (χ1) is 12.6. The van der Waals surface area contributed by atoms with Crippen LogP contribution in [0.15, 0.2) is 41.7 Å². The molecule has 3 N–H and O–H groups in total. The number of hydrogen-bond donors (Lipinski definition) is 2. The Hall–Kier alpha value is -2.48. The number of carbonyl (C=O) groups is 1. The highest BCUT2D eigenvalue weighted by Gasteiger charge is 2.48. The second-order valence-corrected chi connectivity index (χ2v) is 7.54. The third kappa shape index (κ3) is 2.94. The van der Waals surface area contributed by atoms with E-state index in [-0.39, 0.29) is 17.6 Å². The maximum atomic E-state index is 14.7. The van der Waals surface area contributed by atoms with Crippen molar-refractivity contribution in [1.82, 2.24) is 9.97 Å². The van der Waals surface area contributed by atoms with Crippen molar-refractivity contribution in [3.05, 3.63) is 53.9 Å². The minimum atomic E-state index is -0.636. The zero-order valence-electron chi connectivity index (χ0n) is 14.0. The normalized spacial score (nSPS) is 24.7. The Morgan fingerprint density at radius 1 is 1.35 bits per heavy atom. The Morgan fingerprint density at radius 2 is 2.15 bits per heavy atom. The minimum Gasteiger partial charge on any atom is -0.379 e. The average molecular weight is 371 g/mol. The summed E-state index contributed by atoms with van der Waals surface area (Å²) in [5, 5.41) is 3.23. The molecule has 1 aromatic heterocycles. The van der Waals surface area contributed by atoms with Gasteiger partial charge in [-0.3, -0.25) is 9.79 Å². The average Bonchev–Trinajstić information content (AvgIpc) is 3.07. The molecule has 26 heavy (non-hydrogen) atoms. The van der Waals surface area contributed by atoms with E-state index in [4.69, 9.17) is 5.73 Å². The maximum absolute atomic E-state index is 14.7. The predicted molar refractivity (Wildman–Crippen MR) is 99.5 cm³/mol. The van der Waals surface area contributed by atoms with Gasteiger partial charge in [0, 0.05) is 29.4 Å². The first-order valence-corrected chi connectivity index (χ1v) is 9.43. The van der Waals surface area contributed by atoms with Gasteiger partial charge in [0.1, 0.15) is 5.82 Å². The molecule has 1 fully saturated rings. The smallest absolute Gasteiger partial charge is 0.293 e. The van der Waals surface area contributed by atoms with E-state index in [1.807, 2.05) is 0 Å². The van der Waals surface area contributed by atoms with Crippen LogP contribution in [0.2, 0.25) is 0 Å². The van der Waals surface area contributed by atoms with Crippen LogP contribution in [0.3, 0.4) is 0 Å². The molecule has 0 spiro atoms. The summed E-state index contributed by atoms with van der Waals surface area (Å²) in [6, 6.07) is 6.20. The van der Waals surface area contributed by atoms with Gasteiger partial charge < -0.3 is 11.1 Å². The standard InChI is InChI=1S/C18H18FN5OS/c19-14-5-4-12(23-16(25)15-21-7-2-8-22-15)9-13(14)18-6-1-3-11(18)10-26-17(20)24-18/h2,4-5,7-9,11H,1,3,6,10H2,(H2,20,24)(H,23,25). The minimum absolute atomic E-state index is 0.0617. The largest absolute Gasteiger partial charge is 0.379 e. The lowest BCUT2D eigenvalue weighted by molar-refractivity contribution is 0.101. The number of fused-ring (bicyclic) bond motifs is 1. The lowest BCUT2D eigenvalue weighted by atomic mass is 9.81. The van der Waals surface area contributed by atoms with E-state index in [1.54, 1.807) is 12.1 Å². The highest BCUT2D eigenvalue weighted by atomic mass is 32.2. The van der Waals surface area contributed by atoms with Gasteiger partial charge in [-0.25, -0.2) is 14.4 Å². The topological polar surface area (TPSA) is 93.3 Å². The molecule has 0 radical (unpaired) electrons. The molecule has 1 aliphatic heterocycles. The van der Waals surface area contributed by atoms with Crippen LogP contribution in [0.4, 0.5) is 10.1 Å². The van der Waals surface area contributed by atoms with E-state index >= 15 is 0 Å². The van der Waals surface area contributed by atoms with Gasteiger partial charge in [-0.2, -0.15) is 0 Å². The Kier molecular flexibility index (Phi) is 4.36. The number of thioether (sulfide) groups is 1. The van der Waals surface area contributed by atoms with Gasteiger partial charge in [-0.1, -0.05) is 18.2 Å². The molecule has 1 amide bonds. The molecule has 8 heteroatoms. The van der Waals surface area contributed by atoms with E-state index in [0.29, 0.717) is 16.4 Å². The number of benzene rings is 1. The van der Waals surface area contributed by atoms with Crippen molar-refractivity contribution in [2.24, 2.45) is 16.6 Å². The number of nitrogens with two attached hydrogens (primary N) is 1. The van der Waals surface area contributed by atoms with Gasteiger partial charge in [0.05, 0.1) is 5.54 Å². The fourth-order valence-corrected chi connectivity index (χ4v) is 4.84. The lowest BCUT2D eigenvalue weighted by Gasteiger charge is -2.36. The zero-order chi connectivity index (χ0) is 18.1. The number of rotatable bonds is 3. The zero-order valence-corrected chi connectivity index (χ0v) is 14.8. The number of hydrogen-bond acceptors (Lipinski definition) is 6. The second kappa shape index (κ2) is 6.68. The molecule has 2 aromatic rings. The molecule has 4 rings (SSSR count). The van der Waals surface area contributed by atoms with Crippen molar-refractivity contribution in [1.29, 1.82) is 0 Å². The number of nitrogens with zero attached hydrogens (tertiary/aromatic N) is 3. The molecule has 0 saturated heterocycles. The van der Waals surface area contributed by atoms with Crippen LogP contribution in [-0.4, -0.2) is 26.8 Å². The van der Waals surface area contributed by atoms with E-state index in [1.165, 1.54) is 36.3 Å². The fourth-order valence-electron chi connectivity index (χ4n) is 3.80. The van der Waals surface area contributed by atoms with E-state index in [9.17, 15) is 9.18 Å². The Bertz CT molecular complexity index is 875. The highest BCUT2D eigenvalue weighted by Crippen LogP contribution is 2.51. The van der Waals surface area contributed by atoms with Crippen LogP contribution in [0.25, 0.3) is 0 Å². The Balaban J connectivity index is 1.69. The number of carbonyl (C=O) groups excluding carboxylic acids is 1. The molecule has 2 unspecified atom stereocenters. The van der Waals surface area contributed by atoms with Crippen molar-refractivity contribution in [2.45, 2.75) is 24.8 Å². The molecular formula is C18H18FN5OS. The van der Waals surface area contributed by atoms with Gasteiger partial charge in [0.15, 0.2) is 5.17 Å². The molecule has 2 aliphatic rings. The van der Waals surface area contributed by atoms with Crippen LogP contribution in [0.1, 0.15) is 35.4 Å². The van der Waals surface area contributed by atoms with Gasteiger partial charge >= 0.3 is 0 Å². The van der Waals surface area contributed by atoms with E-state index in [2.05, 4.69) is 20.3 Å². The fraction of sp³-hybridized carbons (Fsp3) is 0.333. The van der Waals surface area contributed by atoms with Crippen molar-refractivity contribution in [2.75, 3.05) is 11.1 Å². The highest BCUT2D eigenvalue weighted by molar-refractivity contribution is 8.13.